The van der Waals surface area contributed by atoms with E-state index in [0.717, 1.165) is 36.7 Å². The van der Waals surface area contributed by atoms with Crippen LogP contribution in [-0.4, -0.2) is 59.0 Å². The van der Waals surface area contributed by atoms with Crippen molar-refractivity contribution >= 4 is 36.0 Å². The highest BCUT2D eigenvalue weighted by atomic mass is 127. The van der Waals surface area contributed by atoms with Crippen molar-refractivity contribution < 1.29 is 9.53 Å². The van der Waals surface area contributed by atoms with E-state index in [4.69, 9.17) is 9.73 Å². The molecule has 0 unspecified atom stereocenters. The van der Waals surface area contributed by atoms with Crippen molar-refractivity contribution in [3.05, 3.63) is 17.0 Å². The molecule has 0 atom stereocenters. The molecule has 1 aliphatic heterocycles. The lowest BCUT2D eigenvalue weighted by Gasteiger charge is -2.32. The first-order valence-corrected chi connectivity index (χ1v) is 9.41. The van der Waals surface area contributed by atoms with E-state index in [9.17, 15) is 4.79 Å². The predicted octanol–water partition coefficient (Wildman–Crippen LogP) is 2.33. The summed E-state index contributed by atoms with van der Waals surface area (Å²) in [6.45, 7) is 11.2. The molecule has 0 aromatic carbocycles. The van der Waals surface area contributed by atoms with Gasteiger partial charge in [-0.1, -0.05) is 0 Å². The Labute approximate surface area is 179 Å². The summed E-state index contributed by atoms with van der Waals surface area (Å²) in [6.07, 6.45) is 1.55. The molecule has 0 spiro atoms. The summed E-state index contributed by atoms with van der Waals surface area (Å²) in [5.41, 5.74) is 3.33. The Morgan fingerprint density at radius 3 is 2.48 bits per heavy atom. The number of likely N-dealkylation sites (tertiary alicyclic amines) is 1. The minimum Gasteiger partial charge on any atom is -0.450 e. The van der Waals surface area contributed by atoms with E-state index in [1.165, 1.54) is 5.56 Å². The smallest absolute Gasteiger partial charge is 0.409 e. The van der Waals surface area contributed by atoms with E-state index in [1.54, 1.807) is 4.90 Å². The average Bonchev–Trinajstić information content (AvgIpc) is 2.86. The zero-order chi connectivity index (χ0) is 19.1. The van der Waals surface area contributed by atoms with Gasteiger partial charge in [0.1, 0.15) is 0 Å². The Kier molecular flexibility index (Phi) is 9.89. The van der Waals surface area contributed by atoms with Gasteiger partial charge in [0.2, 0.25) is 0 Å². The SMILES string of the molecule is CCNC(=NCc1c(C)nn(C)c1C)NC1CCN(C(=O)OCC)CC1.I. The first-order chi connectivity index (χ1) is 12.5. The molecule has 1 saturated heterocycles. The zero-order valence-electron chi connectivity index (χ0n) is 17.0. The number of aliphatic imine (C=N–C) groups is 1. The number of carbonyl (C=O) groups excluding carboxylic acids is 1. The molecular weight excluding hydrogens is 459 g/mol. The summed E-state index contributed by atoms with van der Waals surface area (Å²) in [5, 5.41) is 11.3. The number of amides is 1. The zero-order valence-corrected chi connectivity index (χ0v) is 19.4. The lowest BCUT2D eigenvalue weighted by atomic mass is 10.1. The second-order valence-corrected chi connectivity index (χ2v) is 6.57. The minimum atomic E-state index is -0.214. The number of piperidine rings is 1. The fourth-order valence-corrected chi connectivity index (χ4v) is 3.14. The molecule has 27 heavy (non-hydrogen) atoms. The van der Waals surface area contributed by atoms with Crippen LogP contribution in [-0.2, 0) is 18.3 Å². The number of hydrogen-bond donors (Lipinski definition) is 2. The van der Waals surface area contributed by atoms with Gasteiger partial charge >= 0.3 is 6.09 Å². The van der Waals surface area contributed by atoms with Crippen molar-refractivity contribution in [3.8, 4) is 0 Å². The number of carbonyl (C=O) groups is 1. The van der Waals surface area contributed by atoms with E-state index in [-0.39, 0.29) is 30.1 Å². The molecule has 1 aromatic rings. The third kappa shape index (κ3) is 6.54. The Balaban J connectivity index is 0.00000364. The van der Waals surface area contributed by atoms with Gasteiger partial charge in [0, 0.05) is 44.0 Å². The van der Waals surface area contributed by atoms with Gasteiger partial charge in [-0.2, -0.15) is 5.10 Å². The van der Waals surface area contributed by atoms with Gasteiger partial charge in [0.25, 0.3) is 0 Å². The van der Waals surface area contributed by atoms with Crippen LogP contribution in [0.5, 0.6) is 0 Å². The van der Waals surface area contributed by atoms with Crippen molar-refractivity contribution in [2.45, 2.75) is 53.1 Å². The van der Waals surface area contributed by atoms with Crippen LogP contribution in [0, 0.1) is 13.8 Å². The summed E-state index contributed by atoms with van der Waals surface area (Å²) >= 11 is 0. The lowest BCUT2D eigenvalue weighted by molar-refractivity contribution is 0.0963. The van der Waals surface area contributed by atoms with Crippen LogP contribution in [0.15, 0.2) is 4.99 Å². The Hall–Kier alpha value is -1.52. The van der Waals surface area contributed by atoms with Crippen molar-refractivity contribution in [2.24, 2.45) is 12.0 Å². The molecular formula is C18H33IN6O2. The fraction of sp³-hybridized carbons (Fsp3) is 0.722. The molecule has 0 radical (unpaired) electrons. The largest absolute Gasteiger partial charge is 0.450 e. The number of halogens is 1. The monoisotopic (exact) mass is 492 g/mol. The molecule has 0 saturated carbocycles. The molecule has 1 aromatic heterocycles. The van der Waals surface area contributed by atoms with Crippen molar-refractivity contribution in [1.29, 1.82) is 0 Å². The topological polar surface area (TPSA) is 83.8 Å². The molecule has 1 amide bonds. The maximum Gasteiger partial charge on any atom is 0.409 e. The second-order valence-electron chi connectivity index (χ2n) is 6.57. The average molecular weight is 492 g/mol. The molecule has 9 heteroatoms. The van der Waals surface area contributed by atoms with Crippen LogP contribution >= 0.6 is 24.0 Å². The molecule has 2 N–H and O–H groups in total. The minimum absolute atomic E-state index is 0. The third-order valence-corrected chi connectivity index (χ3v) is 4.76. The molecule has 2 rings (SSSR count). The van der Waals surface area contributed by atoms with Gasteiger partial charge in [-0.15, -0.1) is 24.0 Å². The number of ether oxygens (including phenoxy) is 1. The Morgan fingerprint density at radius 1 is 1.30 bits per heavy atom. The van der Waals surface area contributed by atoms with Crippen molar-refractivity contribution in [1.82, 2.24) is 25.3 Å². The number of nitrogens with zero attached hydrogens (tertiary/aromatic N) is 4. The molecule has 1 aliphatic rings. The highest BCUT2D eigenvalue weighted by molar-refractivity contribution is 14.0. The Morgan fingerprint density at radius 2 is 1.96 bits per heavy atom. The molecule has 154 valence electrons. The normalized spacial score (nSPS) is 15.3. The van der Waals surface area contributed by atoms with Gasteiger partial charge in [-0.05, 0) is 40.5 Å². The number of aryl methyl sites for hydroxylation is 2. The maximum absolute atomic E-state index is 11.8. The van der Waals surface area contributed by atoms with E-state index in [1.807, 2.05) is 25.6 Å². The second kappa shape index (κ2) is 11.4. The highest BCUT2D eigenvalue weighted by Crippen LogP contribution is 2.14. The molecule has 8 nitrogen and oxygen atoms in total. The molecule has 0 bridgehead atoms. The van der Waals surface area contributed by atoms with Gasteiger partial charge < -0.3 is 20.3 Å². The van der Waals surface area contributed by atoms with Crippen LogP contribution < -0.4 is 10.6 Å². The number of guanidine groups is 1. The first kappa shape index (κ1) is 23.5. The van der Waals surface area contributed by atoms with E-state index >= 15 is 0 Å². The van der Waals surface area contributed by atoms with Crippen molar-refractivity contribution in [2.75, 3.05) is 26.2 Å². The van der Waals surface area contributed by atoms with Gasteiger partial charge in [0.05, 0.1) is 18.8 Å². The third-order valence-electron chi connectivity index (χ3n) is 4.76. The lowest BCUT2D eigenvalue weighted by Crippen LogP contribution is -2.49. The first-order valence-electron chi connectivity index (χ1n) is 9.41. The fourth-order valence-electron chi connectivity index (χ4n) is 3.14. The van der Waals surface area contributed by atoms with E-state index < -0.39 is 0 Å². The number of hydrogen-bond acceptors (Lipinski definition) is 4. The number of nitrogens with one attached hydrogen (secondary N) is 2. The maximum atomic E-state index is 11.8. The van der Waals surface area contributed by atoms with E-state index in [0.29, 0.717) is 32.3 Å². The molecule has 1 fully saturated rings. The summed E-state index contributed by atoms with van der Waals surface area (Å²) < 4.78 is 6.97. The summed E-state index contributed by atoms with van der Waals surface area (Å²) in [4.78, 5) is 18.3. The summed E-state index contributed by atoms with van der Waals surface area (Å²) in [5.74, 6) is 0.810. The van der Waals surface area contributed by atoms with E-state index in [2.05, 4.69) is 29.6 Å². The number of rotatable bonds is 5. The quantitative estimate of drug-likeness (QED) is 0.375. The summed E-state index contributed by atoms with van der Waals surface area (Å²) in [7, 11) is 1.95. The van der Waals surface area contributed by atoms with Crippen LogP contribution in [0.1, 0.15) is 43.6 Å². The van der Waals surface area contributed by atoms with Crippen LogP contribution in [0.3, 0.4) is 0 Å². The van der Waals surface area contributed by atoms with Gasteiger partial charge in [-0.3, -0.25) is 4.68 Å². The molecule has 2 heterocycles. The summed E-state index contributed by atoms with van der Waals surface area (Å²) in [6, 6.07) is 0.301. The Bertz CT molecular complexity index is 638. The standard InChI is InChI=1S/C18H32N6O2.HI/c1-6-19-17(20-12-16-13(3)22-23(5)14(16)4)21-15-8-10-24(11-9-15)18(25)26-7-2;/h15H,6-12H2,1-5H3,(H2,19,20,21);1H. The number of aromatic nitrogens is 2. The van der Waals surface area contributed by atoms with Crippen molar-refractivity contribution in [3.63, 3.8) is 0 Å². The van der Waals surface area contributed by atoms with Crippen LogP contribution in [0.25, 0.3) is 0 Å². The predicted molar refractivity (Wildman–Crippen MR) is 118 cm³/mol. The molecule has 0 aliphatic carbocycles. The highest BCUT2D eigenvalue weighted by Gasteiger charge is 2.24. The van der Waals surface area contributed by atoms with Gasteiger partial charge in [0.15, 0.2) is 5.96 Å². The van der Waals surface area contributed by atoms with Crippen LogP contribution in [0.2, 0.25) is 0 Å². The van der Waals surface area contributed by atoms with Crippen LogP contribution in [0.4, 0.5) is 4.79 Å². The van der Waals surface area contributed by atoms with Gasteiger partial charge in [-0.25, -0.2) is 9.79 Å².